The van der Waals surface area contributed by atoms with Gasteiger partial charge >= 0.3 is 6.18 Å². The Morgan fingerprint density at radius 1 is 1.23 bits per heavy atom. The number of hydrogen-bond acceptors (Lipinski definition) is 2. The van der Waals surface area contributed by atoms with Crippen molar-refractivity contribution in [3.05, 3.63) is 59.2 Å². The number of halogens is 3. The number of rotatable bonds is 3. The van der Waals surface area contributed by atoms with Crippen LogP contribution in [0, 0.1) is 5.92 Å². The van der Waals surface area contributed by atoms with Crippen molar-refractivity contribution in [3.8, 4) is 0 Å². The Hall–Kier alpha value is -2.50. The van der Waals surface area contributed by atoms with Gasteiger partial charge in [-0.15, -0.1) is 0 Å². The first kappa shape index (κ1) is 18.3. The first-order chi connectivity index (χ1) is 12.3. The second-order valence-electron chi connectivity index (χ2n) is 6.74. The van der Waals surface area contributed by atoms with E-state index in [1.165, 1.54) is 6.07 Å². The molecule has 0 aromatic heterocycles. The van der Waals surface area contributed by atoms with E-state index in [1.54, 1.807) is 17.9 Å². The Morgan fingerprint density at radius 3 is 2.69 bits per heavy atom. The van der Waals surface area contributed by atoms with Gasteiger partial charge in [0.2, 0.25) is 5.91 Å². The maximum atomic E-state index is 12.9. The molecule has 0 saturated heterocycles. The smallest absolute Gasteiger partial charge is 0.398 e. The first-order valence-corrected chi connectivity index (χ1v) is 8.62. The summed E-state index contributed by atoms with van der Waals surface area (Å²) in [5.74, 6) is -0.514. The van der Waals surface area contributed by atoms with Crippen molar-refractivity contribution in [2.24, 2.45) is 5.92 Å². The molecule has 2 aromatic carbocycles. The monoisotopic (exact) mass is 362 g/mol. The van der Waals surface area contributed by atoms with Gasteiger partial charge in [-0.05, 0) is 48.6 Å². The molecule has 3 rings (SSSR count). The Labute approximate surface area is 150 Å². The van der Waals surface area contributed by atoms with Gasteiger partial charge in [0.1, 0.15) is 0 Å². The quantitative estimate of drug-likeness (QED) is 0.820. The lowest BCUT2D eigenvalue weighted by Gasteiger charge is -2.32. The predicted octanol–water partition coefficient (Wildman–Crippen LogP) is 4.45. The molecule has 3 nitrogen and oxygen atoms in total. The third-order valence-electron chi connectivity index (χ3n) is 4.77. The summed E-state index contributed by atoms with van der Waals surface area (Å²) in [5, 5.41) is 0. The molecule has 1 unspecified atom stereocenters. The van der Waals surface area contributed by atoms with Gasteiger partial charge < -0.3 is 10.6 Å². The van der Waals surface area contributed by atoms with Gasteiger partial charge in [0.25, 0.3) is 0 Å². The van der Waals surface area contributed by atoms with Crippen molar-refractivity contribution in [1.82, 2.24) is 0 Å². The number of hydrogen-bond donors (Lipinski definition) is 1. The Kier molecular flexibility index (Phi) is 4.94. The van der Waals surface area contributed by atoms with Gasteiger partial charge in [0, 0.05) is 23.8 Å². The minimum absolute atomic E-state index is 0.0889. The van der Waals surface area contributed by atoms with Gasteiger partial charge in [-0.3, -0.25) is 4.79 Å². The molecular formula is C20H21F3N2O. The van der Waals surface area contributed by atoms with E-state index in [9.17, 15) is 18.0 Å². The molecule has 1 amide bonds. The Morgan fingerprint density at radius 2 is 1.96 bits per heavy atom. The van der Waals surface area contributed by atoms with Gasteiger partial charge in [0.15, 0.2) is 0 Å². The largest absolute Gasteiger partial charge is 0.416 e. The van der Waals surface area contributed by atoms with Crippen LogP contribution in [0.4, 0.5) is 24.5 Å². The summed E-state index contributed by atoms with van der Waals surface area (Å²) in [7, 11) is 0. The predicted molar refractivity (Wildman–Crippen MR) is 95.8 cm³/mol. The number of carbonyl (C=O) groups is 1. The van der Waals surface area contributed by atoms with Crippen LogP contribution in [-0.4, -0.2) is 12.5 Å². The summed E-state index contributed by atoms with van der Waals surface area (Å²) in [5.41, 5.74) is 8.29. The number of nitrogens with two attached hydrogens (primary N) is 1. The molecule has 1 atom stereocenters. The number of benzene rings is 2. The van der Waals surface area contributed by atoms with Crippen LogP contribution in [-0.2, 0) is 23.8 Å². The lowest BCUT2D eigenvalue weighted by atomic mass is 9.95. The molecule has 2 aromatic rings. The standard InChI is InChI=1S/C20H21F3N2O/c1-13(11-14-5-2-6-15(12-14)20(21,22)23)19(26)25-10-4-7-16-17(24)8-3-9-18(16)25/h2-3,5-6,8-9,12-13H,4,7,10-11,24H2,1H3. The summed E-state index contributed by atoms with van der Waals surface area (Å²) in [6.07, 6.45) is -2.47. The topological polar surface area (TPSA) is 46.3 Å². The number of nitrogens with zero attached hydrogens (tertiary/aromatic N) is 1. The lowest BCUT2D eigenvalue weighted by Crippen LogP contribution is -2.39. The van der Waals surface area contributed by atoms with Gasteiger partial charge in [-0.25, -0.2) is 0 Å². The van der Waals surface area contributed by atoms with Gasteiger partial charge in [0.05, 0.1) is 5.56 Å². The Balaban J connectivity index is 1.79. The third kappa shape index (κ3) is 3.69. The van der Waals surface area contributed by atoms with Crippen LogP contribution in [0.3, 0.4) is 0 Å². The van der Waals surface area contributed by atoms with E-state index in [0.29, 0.717) is 17.8 Å². The van der Waals surface area contributed by atoms with E-state index >= 15 is 0 Å². The molecule has 0 fully saturated rings. The van der Waals surface area contributed by atoms with E-state index < -0.39 is 17.7 Å². The van der Waals surface area contributed by atoms with Crippen molar-refractivity contribution < 1.29 is 18.0 Å². The van der Waals surface area contributed by atoms with Gasteiger partial charge in [-0.2, -0.15) is 13.2 Å². The van der Waals surface area contributed by atoms with Crippen molar-refractivity contribution in [3.63, 3.8) is 0 Å². The van der Waals surface area contributed by atoms with E-state index in [-0.39, 0.29) is 12.3 Å². The summed E-state index contributed by atoms with van der Waals surface area (Å²) in [4.78, 5) is 14.6. The highest BCUT2D eigenvalue weighted by molar-refractivity contribution is 5.97. The maximum Gasteiger partial charge on any atom is 0.416 e. The number of fused-ring (bicyclic) bond motifs is 1. The van der Waals surface area contributed by atoms with Crippen molar-refractivity contribution in [1.29, 1.82) is 0 Å². The van der Waals surface area contributed by atoms with Gasteiger partial charge in [-0.1, -0.05) is 31.2 Å². The average Bonchev–Trinajstić information content (AvgIpc) is 2.60. The zero-order valence-electron chi connectivity index (χ0n) is 14.5. The lowest BCUT2D eigenvalue weighted by molar-refractivity contribution is -0.137. The molecule has 0 radical (unpaired) electrons. The number of alkyl halides is 3. The highest BCUT2D eigenvalue weighted by Gasteiger charge is 2.31. The molecule has 138 valence electrons. The molecule has 1 heterocycles. The molecule has 6 heteroatoms. The summed E-state index contributed by atoms with van der Waals surface area (Å²) in [6.45, 7) is 2.35. The molecule has 1 aliphatic rings. The van der Waals surface area contributed by atoms with Crippen LogP contribution in [0.5, 0.6) is 0 Å². The molecule has 26 heavy (non-hydrogen) atoms. The van der Waals surface area contributed by atoms with E-state index in [2.05, 4.69) is 0 Å². The molecule has 0 spiro atoms. The summed E-state index contributed by atoms with van der Waals surface area (Å²) < 4.78 is 38.6. The molecule has 2 N–H and O–H groups in total. The fourth-order valence-electron chi connectivity index (χ4n) is 3.46. The molecular weight excluding hydrogens is 341 g/mol. The number of nitrogen functional groups attached to an aromatic ring is 1. The van der Waals surface area contributed by atoms with Crippen LogP contribution < -0.4 is 10.6 Å². The van der Waals surface area contributed by atoms with Crippen LogP contribution in [0.25, 0.3) is 0 Å². The minimum atomic E-state index is -4.38. The highest BCUT2D eigenvalue weighted by Crippen LogP contribution is 2.33. The maximum absolute atomic E-state index is 12.9. The van der Waals surface area contributed by atoms with E-state index in [1.807, 2.05) is 18.2 Å². The van der Waals surface area contributed by atoms with Crippen molar-refractivity contribution in [2.45, 2.75) is 32.4 Å². The number of carbonyl (C=O) groups excluding carboxylic acids is 1. The SMILES string of the molecule is CC(Cc1cccc(C(F)(F)F)c1)C(=O)N1CCCc2c(N)cccc21. The zero-order chi connectivity index (χ0) is 18.9. The Bertz CT molecular complexity index is 817. The van der Waals surface area contributed by atoms with E-state index in [0.717, 1.165) is 36.2 Å². The fourth-order valence-corrected chi connectivity index (χ4v) is 3.46. The third-order valence-corrected chi connectivity index (χ3v) is 4.77. The van der Waals surface area contributed by atoms with Crippen LogP contribution in [0.2, 0.25) is 0 Å². The molecule has 0 aliphatic carbocycles. The van der Waals surface area contributed by atoms with Crippen molar-refractivity contribution >= 4 is 17.3 Å². The molecule has 0 bridgehead atoms. The zero-order valence-corrected chi connectivity index (χ0v) is 14.5. The summed E-state index contributed by atoms with van der Waals surface area (Å²) >= 11 is 0. The summed E-state index contributed by atoms with van der Waals surface area (Å²) in [6, 6.07) is 10.7. The van der Waals surface area contributed by atoms with Crippen LogP contribution >= 0.6 is 0 Å². The molecule has 1 aliphatic heterocycles. The normalized spacial score (nSPS) is 15.5. The number of anilines is 2. The fraction of sp³-hybridized carbons (Fsp3) is 0.350. The minimum Gasteiger partial charge on any atom is -0.398 e. The number of amides is 1. The average molecular weight is 362 g/mol. The second kappa shape index (κ2) is 7.02. The highest BCUT2D eigenvalue weighted by atomic mass is 19.4. The van der Waals surface area contributed by atoms with Crippen LogP contribution in [0.15, 0.2) is 42.5 Å². The second-order valence-corrected chi connectivity index (χ2v) is 6.74. The van der Waals surface area contributed by atoms with Crippen molar-refractivity contribution in [2.75, 3.05) is 17.2 Å². The molecule has 0 saturated carbocycles. The van der Waals surface area contributed by atoms with Crippen LogP contribution in [0.1, 0.15) is 30.0 Å². The van der Waals surface area contributed by atoms with E-state index in [4.69, 9.17) is 5.73 Å². The first-order valence-electron chi connectivity index (χ1n) is 8.62.